The molecule has 0 radical (unpaired) electrons. The van der Waals surface area contributed by atoms with Crippen LogP contribution >= 0.6 is 0 Å². The van der Waals surface area contributed by atoms with Gasteiger partial charge in [-0.2, -0.15) is 0 Å². The first-order valence-corrected chi connectivity index (χ1v) is 6.39. The lowest BCUT2D eigenvalue weighted by atomic mass is 10.0. The first kappa shape index (κ1) is 15.3. The second kappa shape index (κ2) is 6.54. The van der Waals surface area contributed by atoms with Crippen LogP contribution in [0.3, 0.4) is 0 Å². The molecule has 0 heterocycles. The lowest BCUT2D eigenvalue weighted by Gasteiger charge is -2.13. The third-order valence-corrected chi connectivity index (χ3v) is 3.21. The van der Waals surface area contributed by atoms with Crippen LogP contribution in [0.5, 0.6) is 11.5 Å². The second-order valence-electron chi connectivity index (χ2n) is 4.58. The number of aliphatic hydroxyl groups is 1. The Morgan fingerprint density at radius 2 is 1.52 bits per heavy atom. The van der Waals surface area contributed by atoms with Crippen molar-refractivity contribution in [1.29, 1.82) is 0 Å². The molecule has 0 amide bonds. The Labute approximate surface area is 121 Å². The normalized spacial score (nSPS) is 12.0. The van der Waals surface area contributed by atoms with Crippen LogP contribution in [0.15, 0.2) is 36.4 Å². The average molecular weight is 294 g/mol. The standard InChI is InChI=1S/C16H16F2O3/c1-20-15-5-3-10(7-12(15)17)8-14(19)11-4-6-16(21-2)13(18)9-11/h3-7,9,14,19H,8H2,1-2H3. The Kier molecular flexibility index (Phi) is 4.75. The van der Waals surface area contributed by atoms with Gasteiger partial charge in [-0.1, -0.05) is 12.1 Å². The van der Waals surface area contributed by atoms with Crippen molar-refractivity contribution in [3.8, 4) is 11.5 Å². The summed E-state index contributed by atoms with van der Waals surface area (Å²) in [6.45, 7) is 0. The van der Waals surface area contributed by atoms with Crippen molar-refractivity contribution < 1.29 is 23.4 Å². The van der Waals surface area contributed by atoms with Gasteiger partial charge in [-0.3, -0.25) is 0 Å². The summed E-state index contributed by atoms with van der Waals surface area (Å²) in [5, 5.41) is 10.1. The Hall–Kier alpha value is -2.14. The lowest BCUT2D eigenvalue weighted by Crippen LogP contribution is -2.03. The molecular formula is C16H16F2O3. The van der Waals surface area contributed by atoms with Gasteiger partial charge in [-0.25, -0.2) is 8.78 Å². The zero-order valence-electron chi connectivity index (χ0n) is 11.8. The van der Waals surface area contributed by atoms with Gasteiger partial charge in [0.05, 0.1) is 20.3 Å². The monoisotopic (exact) mass is 294 g/mol. The van der Waals surface area contributed by atoms with Crippen molar-refractivity contribution >= 4 is 0 Å². The first-order chi connectivity index (χ1) is 10.0. The average Bonchev–Trinajstić information content (AvgIpc) is 2.47. The van der Waals surface area contributed by atoms with Crippen molar-refractivity contribution in [1.82, 2.24) is 0 Å². The van der Waals surface area contributed by atoms with Crippen molar-refractivity contribution in [3.05, 3.63) is 59.2 Å². The molecule has 2 aromatic rings. The smallest absolute Gasteiger partial charge is 0.165 e. The van der Waals surface area contributed by atoms with Crippen molar-refractivity contribution in [2.24, 2.45) is 0 Å². The minimum atomic E-state index is -0.932. The lowest BCUT2D eigenvalue weighted by molar-refractivity contribution is 0.177. The fourth-order valence-corrected chi connectivity index (χ4v) is 2.07. The minimum Gasteiger partial charge on any atom is -0.494 e. The predicted molar refractivity (Wildman–Crippen MR) is 74.6 cm³/mol. The molecular weight excluding hydrogens is 278 g/mol. The molecule has 0 aliphatic heterocycles. The first-order valence-electron chi connectivity index (χ1n) is 6.39. The van der Waals surface area contributed by atoms with Gasteiger partial charge in [0, 0.05) is 6.42 Å². The van der Waals surface area contributed by atoms with Crippen molar-refractivity contribution in [2.75, 3.05) is 14.2 Å². The summed E-state index contributed by atoms with van der Waals surface area (Å²) in [6, 6.07) is 8.68. The van der Waals surface area contributed by atoms with E-state index in [2.05, 4.69) is 0 Å². The number of benzene rings is 2. The molecule has 0 aliphatic rings. The third-order valence-electron chi connectivity index (χ3n) is 3.21. The van der Waals surface area contributed by atoms with E-state index in [1.54, 1.807) is 12.1 Å². The Balaban J connectivity index is 2.15. The quantitative estimate of drug-likeness (QED) is 0.920. The van der Waals surface area contributed by atoms with Crippen LogP contribution in [0.4, 0.5) is 8.78 Å². The van der Waals surface area contributed by atoms with E-state index < -0.39 is 17.7 Å². The Morgan fingerprint density at radius 3 is 2.05 bits per heavy atom. The van der Waals surface area contributed by atoms with Crippen LogP contribution in [0.1, 0.15) is 17.2 Å². The molecule has 0 aliphatic carbocycles. The van der Waals surface area contributed by atoms with Crippen LogP contribution < -0.4 is 9.47 Å². The third kappa shape index (κ3) is 3.49. The molecule has 2 aromatic carbocycles. The summed E-state index contributed by atoms with van der Waals surface area (Å²) in [5.74, 6) is -0.789. The van der Waals surface area contributed by atoms with E-state index >= 15 is 0 Å². The zero-order valence-corrected chi connectivity index (χ0v) is 11.8. The number of aliphatic hydroxyl groups excluding tert-OH is 1. The fourth-order valence-electron chi connectivity index (χ4n) is 2.07. The summed E-state index contributed by atoms with van der Waals surface area (Å²) in [5.41, 5.74) is 1.00. The van der Waals surface area contributed by atoms with Crippen LogP contribution in [0.2, 0.25) is 0 Å². The van der Waals surface area contributed by atoms with E-state index in [0.29, 0.717) is 11.1 Å². The molecule has 0 fully saturated rings. The van der Waals surface area contributed by atoms with Gasteiger partial charge in [0.2, 0.25) is 0 Å². The number of ether oxygens (including phenoxy) is 2. The molecule has 1 unspecified atom stereocenters. The molecule has 1 N–H and O–H groups in total. The maximum Gasteiger partial charge on any atom is 0.165 e. The van der Waals surface area contributed by atoms with Gasteiger partial charge in [0.15, 0.2) is 23.1 Å². The molecule has 0 spiro atoms. The van der Waals surface area contributed by atoms with E-state index in [-0.39, 0.29) is 17.9 Å². The summed E-state index contributed by atoms with van der Waals surface area (Å²) < 4.78 is 36.8. The fraction of sp³-hybridized carbons (Fsp3) is 0.250. The van der Waals surface area contributed by atoms with Crippen LogP contribution in [0.25, 0.3) is 0 Å². The number of methoxy groups -OCH3 is 2. The maximum atomic E-state index is 13.6. The van der Waals surface area contributed by atoms with Gasteiger partial charge in [-0.15, -0.1) is 0 Å². The molecule has 0 saturated carbocycles. The van der Waals surface area contributed by atoms with Crippen LogP contribution in [0, 0.1) is 11.6 Å². The van der Waals surface area contributed by atoms with Crippen LogP contribution in [-0.4, -0.2) is 19.3 Å². The molecule has 1 atom stereocenters. The summed E-state index contributed by atoms with van der Waals surface area (Å²) in [4.78, 5) is 0. The highest BCUT2D eigenvalue weighted by atomic mass is 19.1. The Morgan fingerprint density at radius 1 is 0.952 bits per heavy atom. The van der Waals surface area contributed by atoms with Crippen LogP contribution in [-0.2, 0) is 6.42 Å². The summed E-state index contributed by atoms with van der Waals surface area (Å²) in [7, 11) is 2.75. The number of hydrogen-bond donors (Lipinski definition) is 1. The topological polar surface area (TPSA) is 38.7 Å². The van der Waals surface area contributed by atoms with Gasteiger partial charge < -0.3 is 14.6 Å². The molecule has 112 valence electrons. The van der Waals surface area contributed by atoms with E-state index in [0.717, 1.165) is 0 Å². The second-order valence-corrected chi connectivity index (χ2v) is 4.58. The SMILES string of the molecule is COc1ccc(CC(O)c2ccc(OC)c(F)c2)cc1F. The highest BCUT2D eigenvalue weighted by Crippen LogP contribution is 2.25. The molecule has 2 rings (SSSR count). The molecule has 5 heteroatoms. The van der Waals surface area contributed by atoms with E-state index in [1.165, 1.54) is 38.5 Å². The van der Waals surface area contributed by atoms with Gasteiger partial charge in [-0.05, 0) is 35.4 Å². The highest BCUT2D eigenvalue weighted by molar-refractivity contribution is 5.33. The maximum absolute atomic E-state index is 13.6. The Bertz CT molecular complexity index is 629. The summed E-state index contributed by atoms with van der Waals surface area (Å²) in [6.07, 6.45) is -0.759. The van der Waals surface area contributed by atoms with Crippen molar-refractivity contribution in [3.63, 3.8) is 0 Å². The predicted octanol–water partition coefficient (Wildman–Crippen LogP) is 3.26. The van der Waals surface area contributed by atoms with E-state index in [1.807, 2.05) is 0 Å². The molecule has 0 bridgehead atoms. The highest BCUT2D eigenvalue weighted by Gasteiger charge is 2.13. The van der Waals surface area contributed by atoms with Gasteiger partial charge >= 0.3 is 0 Å². The van der Waals surface area contributed by atoms with Gasteiger partial charge in [0.1, 0.15) is 0 Å². The van der Waals surface area contributed by atoms with Crippen molar-refractivity contribution in [2.45, 2.75) is 12.5 Å². The largest absolute Gasteiger partial charge is 0.494 e. The minimum absolute atomic E-state index is 0.112. The zero-order chi connectivity index (χ0) is 15.4. The number of rotatable bonds is 5. The molecule has 21 heavy (non-hydrogen) atoms. The van der Waals surface area contributed by atoms with E-state index in [4.69, 9.17) is 9.47 Å². The molecule has 0 saturated heterocycles. The van der Waals surface area contributed by atoms with E-state index in [9.17, 15) is 13.9 Å². The number of halogens is 2. The number of hydrogen-bond acceptors (Lipinski definition) is 3. The molecule has 3 nitrogen and oxygen atoms in total. The molecule has 0 aromatic heterocycles. The van der Waals surface area contributed by atoms with Gasteiger partial charge in [0.25, 0.3) is 0 Å². The summed E-state index contributed by atoms with van der Waals surface area (Å²) >= 11 is 0.